The number of nitrogens with one attached hydrogen (secondary N) is 2. The minimum atomic E-state index is -4.56. The zero-order valence-corrected chi connectivity index (χ0v) is 9.73. The Balaban J connectivity index is 2.40. The van der Waals surface area contributed by atoms with E-state index in [4.69, 9.17) is 0 Å². The summed E-state index contributed by atoms with van der Waals surface area (Å²) in [6, 6.07) is 0. The molecule has 2 rings (SSSR count). The lowest BCUT2D eigenvalue weighted by molar-refractivity contribution is -0.0894. The first-order chi connectivity index (χ1) is 9.18. The number of dihydropyridines is 2. The predicted octanol–water partition coefficient (Wildman–Crippen LogP) is 3.41. The van der Waals surface area contributed by atoms with Crippen LogP contribution in [-0.4, -0.2) is 12.4 Å². The topological polar surface area (TPSA) is 24.1 Å². The molecule has 2 aliphatic rings. The van der Waals surface area contributed by atoms with E-state index in [1.54, 1.807) is 0 Å². The van der Waals surface area contributed by atoms with E-state index in [0.717, 1.165) is 36.7 Å². The van der Waals surface area contributed by atoms with Crippen molar-refractivity contribution in [1.82, 2.24) is 10.6 Å². The van der Waals surface area contributed by atoms with Crippen LogP contribution in [0.4, 0.5) is 26.3 Å². The third-order valence-electron chi connectivity index (χ3n) is 2.55. The number of hydrogen-bond acceptors (Lipinski definition) is 2. The van der Waals surface area contributed by atoms with Gasteiger partial charge in [0.25, 0.3) is 0 Å². The molecule has 20 heavy (non-hydrogen) atoms. The molecule has 0 radical (unpaired) electrons. The molecule has 0 unspecified atom stereocenters. The van der Waals surface area contributed by atoms with Crippen LogP contribution in [0.2, 0.25) is 0 Å². The first-order valence-electron chi connectivity index (χ1n) is 5.36. The fraction of sp³-hybridized carbons (Fsp3) is 0.167. The Bertz CT molecular complexity index is 507. The quantitative estimate of drug-likeness (QED) is 0.669. The van der Waals surface area contributed by atoms with Crippen LogP contribution in [0.1, 0.15) is 0 Å². The van der Waals surface area contributed by atoms with Crippen LogP contribution in [0.25, 0.3) is 0 Å². The molecule has 0 aromatic carbocycles. The van der Waals surface area contributed by atoms with Gasteiger partial charge in [-0.25, -0.2) is 0 Å². The lowest BCUT2D eigenvalue weighted by Crippen LogP contribution is -2.23. The summed E-state index contributed by atoms with van der Waals surface area (Å²) in [5, 5.41) is 4.95. The van der Waals surface area contributed by atoms with E-state index in [2.05, 4.69) is 10.6 Å². The van der Waals surface area contributed by atoms with E-state index < -0.39 is 23.5 Å². The molecule has 0 aromatic heterocycles. The normalized spacial score (nSPS) is 22.9. The fourth-order valence-corrected chi connectivity index (χ4v) is 1.60. The van der Waals surface area contributed by atoms with Gasteiger partial charge >= 0.3 is 12.4 Å². The number of halogens is 6. The van der Waals surface area contributed by atoms with Gasteiger partial charge in [-0.2, -0.15) is 26.3 Å². The fourth-order valence-electron chi connectivity index (χ4n) is 1.60. The zero-order chi connectivity index (χ0) is 15.0. The summed E-state index contributed by atoms with van der Waals surface area (Å²) < 4.78 is 75.3. The van der Waals surface area contributed by atoms with E-state index in [-0.39, 0.29) is 11.4 Å². The van der Waals surface area contributed by atoms with Crippen molar-refractivity contribution in [3.05, 3.63) is 59.2 Å². The van der Waals surface area contributed by atoms with E-state index >= 15 is 0 Å². The molecule has 0 saturated carbocycles. The molecular formula is C12H8F6N2. The Kier molecular flexibility index (Phi) is 3.41. The average Bonchev–Trinajstić information content (AvgIpc) is 2.37. The van der Waals surface area contributed by atoms with Crippen LogP contribution in [0.5, 0.6) is 0 Å². The van der Waals surface area contributed by atoms with Gasteiger partial charge in [0.2, 0.25) is 0 Å². The molecule has 8 heteroatoms. The summed E-state index contributed by atoms with van der Waals surface area (Å²) >= 11 is 0. The first kappa shape index (κ1) is 14.3. The largest absolute Gasteiger partial charge is 0.416 e. The third-order valence-corrected chi connectivity index (χ3v) is 2.55. The van der Waals surface area contributed by atoms with E-state index in [1.807, 2.05) is 0 Å². The maximum Gasteiger partial charge on any atom is 0.416 e. The number of allylic oxidation sites excluding steroid dienone is 6. The molecule has 0 bridgehead atoms. The molecule has 2 nitrogen and oxygen atoms in total. The van der Waals surface area contributed by atoms with Crippen molar-refractivity contribution in [2.75, 3.05) is 0 Å². The van der Waals surface area contributed by atoms with E-state index in [9.17, 15) is 26.3 Å². The highest BCUT2D eigenvalue weighted by atomic mass is 19.4. The minimum absolute atomic E-state index is 0.0917. The molecule has 0 amide bonds. The summed E-state index contributed by atoms with van der Waals surface area (Å²) in [4.78, 5) is 0. The standard InChI is InChI=1S/C12H8F6N2/c13-11(14,15)7-1-3-19-9(5-7)10-6-8(2-4-20-10)12(16,17)18/h1-6,19-20H. The number of alkyl halides is 6. The first-order valence-corrected chi connectivity index (χ1v) is 5.36. The third kappa shape index (κ3) is 3.06. The molecule has 0 aliphatic carbocycles. The molecule has 0 saturated heterocycles. The van der Waals surface area contributed by atoms with E-state index in [0.29, 0.717) is 0 Å². The van der Waals surface area contributed by atoms with Gasteiger partial charge in [-0.05, 0) is 24.3 Å². The van der Waals surface area contributed by atoms with Crippen LogP contribution >= 0.6 is 0 Å². The molecular weight excluding hydrogens is 286 g/mol. The van der Waals surface area contributed by atoms with Gasteiger partial charge in [0.15, 0.2) is 0 Å². The summed E-state index contributed by atoms with van der Waals surface area (Å²) in [7, 11) is 0. The van der Waals surface area contributed by atoms with Gasteiger partial charge in [0.1, 0.15) is 0 Å². The van der Waals surface area contributed by atoms with Crippen LogP contribution in [-0.2, 0) is 0 Å². The van der Waals surface area contributed by atoms with Crippen molar-refractivity contribution in [2.45, 2.75) is 12.4 Å². The minimum Gasteiger partial charge on any atom is -0.360 e. The summed E-state index contributed by atoms with van der Waals surface area (Å²) in [6.45, 7) is 0. The van der Waals surface area contributed by atoms with Crippen molar-refractivity contribution in [3.8, 4) is 0 Å². The molecule has 2 aliphatic heterocycles. The SMILES string of the molecule is FC(F)(F)C1=CC(=C2C=C(C(F)(F)F)C=CN2)NC=C1. The highest BCUT2D eigenvalue weighted by molar-refractivity contribution is 5.46. The maximum atomic E-state index is 12.5. The van der Waals surface area contributed by atoms with Gasteiger partial charge in [-0.1, -0.05) is 0 Å². The maximum absolute atomic E-state index is 12.5. The van der Waals surface area contributed by atoms with Crippen molar-refractivity contribution < 1.29 is 26.3 Å². The van der Waals surface area contributed by atoms with Gasteiger partial charge in [0, 0.05) is 12.4 Å². The van der Waals surface area contributed by atoms with Gasteiger partial charge in [-0.3, -0.25) is 0 Å². The van der Waals surface area contributed by atoms with Crippen molar-refractivity contribution in [1.29, 1.82) is 0 Å². The lowest BCUT2D eigenvalue weighted by Gasteiger charge is -2.19. The van der Waals surface area contributed by atoms with Crippen molar-refractivity contribution in [3.63, 3.8) is 0 Å². The van der Waals surface area contributed by atoms with Gasteiger partial charge in [0.05, 0.1) is 22.5 Å². The zero-order valence-electron chi connectivity index (χ0n) is 9.73. The summed E-state index contributed by atoms with van der Waals surface area (Å²) in [5.41, 5.74) is -2.08. The van der Waals surface area contributed by atoms with Crippen molar-refractivity contribution in [2.24, 2.45) is 0 Å². The Hall–Kier alpha value is -2.12. The Morgan fingerprint density at radius 3 is 1.30 bits per heavy atom. The monoisotopic (exact) mass is 294 g/mol. The van der Waals surface area contributed by atoms with Gasteiger partial charge in [-0.15, -0.1) is 0 Å². The average molecular weight is 294 g/mol. The van der Waals surface area contributed by atoms with Gasteiger partial charge < -0.3 is 10.6 Å². The Morgan fingerprint density at radius 2 is 1.00 bits per heavy atom. The summed E-state index contributed by atoms with van der Waals surface area (Å²) in [6.07, 6.45) is -4.00. The Labute approximate surface area is 109 Å². The predicted molar refractivity (Wildman–Crippen MR) is 59.9 cm³/mol. The highest BCUT2D eigenvalue weighted by Crippen LogP contribution is 2.32. The molecule has 2 N–H and O–H groups in total. The Morgan fingerprint density at radius 1 is 0.650 bits per heavy atom. The lowest BCUT2D eigenvalue weighted by atomic mass is 10.1. The second kappa shape index (κ2) is 4.77. The van der Waals surface area contributed by atoms with Crippen LogP contribution < -0.4 is 10.6 Å². The van der Waals surface area contributed by atoms with Crippen LogP contribution in [0, 0.1) is 0 Å². The number of rotatable bonds is 0. The molecule has 0 spiro atoms. The second-order valence-electron chi connectivity index (χ2n) is 3.98. The van der Waals surface area contributed by atoms with Crippen LogP contribution in [0.3, 0.4) is 0 Å². The molecule has 0 atom stereocenters. The summed E-state index contributed by atoms with van der Waals surface area (Å²) in [5.74, 6) is 0. The van der Waals surface area contributed by atoms with Crippen LogP contribution in [0.15, 0.2) is 59.2 Å². The smallest absolute Gasteiger partial charge is 0.360 e. The van der Waals surface area contributed by atoms with E-state index in [1.165, 1.54) is 0 Å². The molecule has 2 heterocycles. The highest BCUT2D eigenvalue weighted by Gasteiger charge is 2.35. The molecule has 108 valence electrons. The number of hydrogen-bond donors (Lipinski definition) is 2. The molecule has 0 aromatic rings. The second-order valence-corrected chi connectivity index (χ2v) is 3.98. The van der Waals surface area contributed by atoms with Crippen molar-refractivity contribution >= 4 is 0 Å². The molecule has 0 fully saturated rings.